The number of piperidine rings is 1. The van der Waals surface area contributed by atoms with Crippen molar-refractivity contribution in [3.05, 3.63) is 53.1 Å². The van der Waals surface area contributed by atoms with Crippen LogP contribution in [0.1, 0.15) is 36.0 Å². The fraction of sp³-hybridized carbons (Fsp3) is 0.519. The molecule has 0 aromatic heterocycles. The zero-order chi connectivity index (χ0) is 24.1. The van der Waals surface area contributed by atoms with Gasteiger partial charge < -0.3 is 19.3 Å². The monoisotopic (exact) mass is 468 g/mol. The quantitative estimate of drug-likeness (QED) is 0.594. The Bertz CT molecular complexity index is 995. The summed E-state index contributed by atoms with van der Waals surface area (Å²) in [4.78, 5) is 16.9. The maximum Gasteiger partial charge on any atom is 0.305 e. The Morgan fingerprint density at radius 2 is 1.79 bits per heavy atom. The molecule has 34 heavy (non-hydrogen) atoms. The second kappa shape index (κ2) is 11.1. The van der Waals surface area contributed by atoms with Crippen molar-refractivity contribution in [3.8, 4) is 17.2 Å². The molecule has 0 amide bonds. The van der Waals surface area contributed by atoms with Gasteiger partial charge in [-0.3, -0.25) is 14.6 Å². The molecule has 2 aromatic carbocycles. The van der Waals surface area contributed by atoms with Gasteiger partial charge in [0.1, 0.15) is 5.75 Å². The van der Waals surface area contributed by atoms with Gasteiger partial charge in [-0.25, -0.2) is 0 Å². The fourth-order valence-electron chi connectivity index (χ4n) is 5.48. The van der Waals surface area contributed by atoms with Crippen molar-refractivity contribution in [1.82, 2.24) is 9.80 Å². The summed E-state index contributed by atoms with van der Waals surface area (Å²) in [5, 5.41) is 10.2. The molecule has 0 spiro atoms. The number of hydrogen-bond acceptors (Lipinski definition) is 7. The number of nitrogens with zero attached hydrogens (tertiary/aromatic N) is 2. The molecule has 0 bridgehead atoms. The van der Waals surface area contributed by atoms with Crippen LogP contribution >= 0.6 is 0 Å². The number of phenols is 1. The third-order valence-corrected chi connectivity index (χ3v) is 7.33. The molecule has 0 aliphatic carbocycles. The van der Waals surface area contributed by atoms with E-state index >= 15 is 0 Å². The lowest BCUT2D eigenvalue weighted by atomic mass is 9.85. The number of carbonyl (C=O) groups excluding carboxylic acids is 1. The molecule has 2 atom stereocenters. The minimum absolute atomic E-state index is 0.155. The number of esters is 1. The summed E-state index contributed by atoms with van der Waals surface area (Å²) in [5.41, 5.74) is 3.55. The van der Waals surface area contributed by atoms with Crippen molar-refractivity contribution in [2.45, 2.75) is 44.8 Å². The normalized spacial score (nSPS) is 21.0. The molecule has 0 unspecified atom stereocenters. The summed E-state index contributed by atoms with van der Waals surface area (Å²) >= 11 is 0. The predicted octanol–water partition coefficient (Wildman–Crippen LogP) is 3.61. The van der Waals surface area contributed by atoms with Crippen molar-refractivity contribution >= 4 is 5.97 Å². The van der Waals surface area contributed by atoms with Crippen LogP contribution in [0, 0.1) is 5.92 Å². The number of likely N-dealkylation sites (tertiary alicyclic amines) is 1. The molecule has 1 saturated heterocycles. The summed E-state index contributed by atoms with van der Waals surface area (Å²) in [7, 11) is 4.80. The van der Waals surface area contributed by atoms with Gasteiger partial charge in [0.15, 0.2) is 11.5 Å². The van der Waals surface area contributed by atoms with Gasteiger partial charge in [-0.05, 0) is 61.1 Å². The van der Waals surface area contributed by atoms with Crippen molar-refractivity contribution in [2.24, 2.45) is 5.92 Å². The van der Waals surface area contributed by atoms with Crippen molar-refractivity contribution < 1.29 is 24.1 Å². The first-order chi connectivity index (χ1) is 16.5. The lowest BCUT2D eigenvalue weighted by molar-refractivity contribution is -0.141. The van der Waals surface area contributed by atoms with Gasteiger partial charge in [0.25, 0.3) is 0 Å². The van der Waals surface area contributed by atoms with Gasteiger partial charge in [-0.1, -0.05) is 18.2 Å². The Labute approximate surface area is 202 Å². The average molecular weight is 469 g/mol. The lowest BCUT2D eigenvalue weighted by Crippen LogP contribution is -2.52. The van der Waals surface area contributed by atoms with E-state index in [0.717, 1.165) is 62.5 Å². The zero-order valence-electron chi connectivity index (χ0n) is 20.5. The lowest BCUT2D eigenvalue weighted by Gasteiger charge is -2.45. The highest BCUT2D eigenvalue weighted by Crippen LogP contribution is 2.36. The summed E-state index contributed by atoms with van der Waals surface area (Å²) in [6.07, 6.45) is 3.22. The van der Waals surface area contributed by atoms with Crippen LogP contribution in [0.25, 0.3) is 0 Å². The first-order valence-electron chi connectivity index (χ1n) is 12.1. The molecule has 7 nitrogen and oxygen atoms in total. The number of carbonyl (C=O) groups is 1. The Morgan fingerprint density at radius 1 is 1.06 bits per heavy atom. The van der Waals surface area contributed by atoms with Gasteiger partial charge in [0.05, 0.1) is 21.3 Å². The van der Waals surface area contributed by atoms with E-state index in [1.165, 1.54) is 18.2 Å². The summed E-state index contributed by atoms with van der Waals surface area (Å²) < 4.78 is 16.0. The molecule has 184 valence electrons. The Kier molecular flexibility index (Phi) is 7.95. The van der Waals surface area contributed by atoms with E-state index in [1.54, 1.807) is 20.3 Å². The number of phenolic OH excluding ortho intramolecular Hbond substituents is 1. The van der Waals surface area contributed by atoms with Crippen LogP contribution in [0.4, 0.5) is 0 Å². The van der Waals surface area contributed by atoms with Crippen LogP contribution in [-0.4, -0.2) is 67.9 Å². The number of fused-ring (bicyclic) bond motifs is 1. The first-order valence-corrected chi connectivity index (χ1v) is 12.1. The van der Waals surface area contributed by atoms with E-state index in [1.807, 2.05) is 18.2 Å². The van der Waals surface area contributed by atoms with E-state index in [4.69, 9.17) is 14.2 Å². The molecule has 4 rings (SSSR count). The topological polar surface area (TPSA) is 71.5 Å². The highest BCUT2D eigenvalue weighted by molar-refractivity contribution is 5.69. The average Bonchev–Trinajstić information content (AvgIpc) is 2.87. The van der Waals surface area contributed by atoms with E-state index in [-0.39, 0.29) is 5.97 Å². The number of aromatic hydroxyl groups is 1. The third kappa shape index (κ3) is 5.47. The molecule has 1 N–H and O–H groups in total. The second-order valence-electron chi connectivity index (χ2n) is 9.29. The molecule has 0 radical (unpaired) electrons. The first kappa shape index (κ1) is 24.4. The maximum atomic E-state index is 11.9. The Balaban J connectivity index is 1.49. The molecule has 2 aliphatic rings. The van der Waals surface area contributed by atoms with E-state index in [0.29, 0.717) is 30.7 Å². The highest BCUT2D eigenvalue weighted by atomic mass is 16.5. The summed E-state index contributed by atoms with van der Waals surface area (Å²) in [5.74, 6) is 2.08. The number of hydrogen-bond donors (Lipinski definition) is 1. The van der Waals surface area contributed by atoms with Crippen molar-refractivity contribution in [3.63, 3.8) is 0 Å². The largest absolute Gasteiger partial charge is 0.508 e. The van der Waals surface area contributed by atoms with Crippen LogP contribution in [0.2, 0.25) is 0 Å². The predicted molar refractivity (Wildman–Crippen MR) is 130 cm³/mol. The van der Waals surface area contributed by atoms with Crippen molar-refractivity contribution in [1.29, 1.82) is 0 Å². The van der Waals surface area contributed by atoms with Crippen LogP contribution in [0.3, 0.4) is 0 Å². The molecule has 2 aliphatic heterocycles. The minimum Gasteiger partial charge on any atom is -0.508 e. The smallest absolute Gasteiger partial charge is 0.305 e. The number of benzene rings is 2. The van der Waals surface area contributed by atoms with Gasteiger partial charge in [-0.2, -0.15) is 0 Å². The molecular weight excluding hydrogens is 432 g/mol. The Morgan fingerprint density at radius 3 is 2.50 bits per heavy atom. The summed E-state index contributed by atoms with van der Waals surface area (Å²) in [6.45, 7) is 4.43. The number of ether oxygens (including phenoxy) is 3. The van der Waals surface area contributed by atoms with Crippen LogP contribution < -0.4 is 9.47 Å². The van der Waals surface area contributed by atoms with Gasteiger partial charge in [-0.15, -0.1) is 0 Å². The van der Waals surface area contributed by atoms with Crippen molar-refractivity contribution in [2.75, 3.05) is 41.0 Å². The SMILES string of the molecule is COC(=O)CC[C@@H]1CN(Cc2ccccc2O)CC[C@@H]1N1CCc2cc(OC)c(OC)cc2C1. The second-order valence-corrected chi connectivity index (χ2v) is 9.29. The summed E-state index contributed by atoms with van der Waals surface area (Å²) in [6, 6.07) is 12.1. The minimum atomic E-state index is -0.155. The maximum absolute atomic E-state index is 11.9. The fourth-order valence-corrected chi connectivity index (χ4v) is 5.48. The van der Waals surface area contributed by atoms with Crippen LogP contribution in [0.15, 0.2) is 36.4 Å². The molecule has 2 aromatic rings. The third-order valence-electron chi connectivity index (χ3n) is 7.33. The van der Waals surface area contributed by atoms with Gasteiger partial charge >= 0.3 is 5.97 Å². The molecule has 2 heterocycles. The molecule has 7 heteroatoms. The van der Waals surface area contributed by atoms with Crippen LogP contribution in [-0.2, 0) is 29.0 Å². The molecular formula is C27H36N2O5. The van der Waals surface area contributed by atoms with Gasteiger partial charge in [0.2, 0.25) is 0 Å². The van der Waals surface area contributed by atoms with E-state index in [2.05, 4.69) is 21.9 Å². The number of para-hydroxylation sites is 1. The standard InChI is InChI=1S/C27H36N2O5/c1-32-25-14-19-10-13-29(18-22(19)15-26(25)33-2)23-11-12-28(16-20(23)8-9-27(31)34-3)17-21-6-4-5-7-24(21)30/h4-7,14-15,20,23,30H,8-13,16-18H2,1-3H3/t20-,23+/m1/s1. The molecule has 0 saturated carbocycles. The van der Waals surface area contributed by atoms with E-state index in [9.17, 15) is 9.90 Å². The number of rotatable bonds is 8. The number of methoxy groups -OCH3 is 3. The van der Waals surface area contributed by atoms with Crippen LogP contribution in [0.5, 0.6) is 17.2 Å². The van der Waals surface area contributed by atoms with Gasteiger partial charge in [0, 0.05) is 44.2 Å². The highest BCUT2D eigenvalue weighted by Gasteiger charge is 2.35. The molecule has 1 fully saturated rings. The zero-order valence-corrected chi connectivity index (χ0v) is 20.5. The Hall–Kier alpha value is -2.77. The van der Waals surface area contributed by atoms with E-state index < -0.39 is 0 Å².